The number of hydrogen-bond acceptors (Lipinski definition) is 2. The van der Waals surface area contributed by atoms with Crippen molar-refractivity contribution in [2.45, 2.75) is 0 Å². The van der Waals surface area contributed by atoms with Crippen LogP contribution in [0.5, 0.6) is 5.75 Å². The Bertz CT molecular complexity index is 358. The maximum Gasteiger partial charge on any atom is 0.321 e. The zero-order chi connectivity index (χ0) is 12.0. The number of halogens is 1. The summed E-state index contributed by atoms with van der Waals surface area (Å²) in [7, 11) is 3.34. The summed E-state index contributed by atoms with van der Waals surface area (Å²) in [4.78, 5) is 13.3. The molecule has 0 saturated heterocycles. The molecule has 5 heteroatoms. The summed E-state index contributed by atoms with van der Waals surface area (Å²) < 4.78 is 5.07. The highest BCUT2D eigenvalue weighted by Gasteiger charge is 2.07. The molecular formula is C11H15BrN2O2. The van der Waals surface area contributed by atoms with E-state index in [2.05, 4.69) is 21.2 Å². The maximum absolute atomic E-state index is 11.7. The molecule has 0 saturated carbocycles. The lowest BCUT2D eigenvalue weighted by Crippen LogP contribution is -2.32. The van der Waals surface area contributed by atoms with E-state index in [1.54, 1.807) is 25.1 Å². The predicted octanol–water partition coefficient (Wildman–Crippen LogP) is 2.55. The number of methoxy groups -OCH3 is 1. The van der Waals surface area contributed by atoms with E-state index in [4.69, 9.17) is 4.74 Å². The molecular weight excluding hydrogens is 272 g/mol. The number of benzene rings is 1. The molecule has 16 heavy (non-hydrogen) atoms. The van der Waals surface area contributed by atoms with Gasteiger partial charge in [0.25, 0.3) is 0 Å². The second-order valence-corrected chi connectivity index (χ2v) is 4.07. The van der Waals surface area contributed by atoms with Crippen molar-refractivity contribution in [2.24, 2.45) is 0 Å². The molecule has 0 unspecified atom stereocenters. The summed E-state index contributed by atoms with van der Waals surface area (Å²) in [5, 5.41) is 3.55. The van der Waals surface area contributed by atoms with E-state index in [0.29, 0.717) is 6.54 Å². The van der Waals surface area contributed by atoms with Gasteiger partial charge in [-0.05, 0) is 12.1 Å². The van der Waals surface area contributed by atoms with Crippen molar-refractivity contribution >= 4 is 27.6 Å². The van der Waals surface area contributed by atoms with Crippen molar-refractivity contribution in [3.8, 4) is 5.75 Å². The number of nitrogens with one attached hydrogen (secondary N) is 1. The van der Waals surface area contributed by atoms with E-state index >= 15 is 0 Å². The van der Waals surface area contributed by atoms with Gasteiger partial charge < -0.3 is 15.0 Å². The van der Waals surface area contributed by atoms with Crippen LogP contribution in [-0.2, 0) is 0 Å². The van der Waals surface area contributed by atoms with Crippen LogP contribution in [-0.4, -0.2) is 37.0 Å². The summed E-state index contributed by atoms with van der Waals surface area (Å²) in [5.41, 5.74) is 0.728. The van der Waals surface area contributed by atoms with Crippen LogP contribution in [0.15, 0.2) is 24.3 Å². The van der Waals surface area contributed by atoms with Crippen molar-refractivity contribution < 1.29 is 9.53 Å². The van der Waals surface area contributed by atoms with Gasteiger partial charge >= 0.3 is 6.03 Å². The van der Waals surface area contributed by atoms with Gasteiger partial charge in [-0.15, -0.1) is 0 Å². The Hall–Kier alpha value is -1.23. The lowest BCUT2D eigenvalue weighted by Gasteiger charge is -2.16. The molecule has 1 rings (SSSR count). The lowest BCUT2D eigenvalue weighted by molar-refractivity contribution is 0.225. The van der Waals surface area contributed by atoms with E-state index in [0.717, 1.165) is 16.8 Å². The fourth-order valence-corrected chi connectivity index (χ4v) is 1.68. The fourth-order valence-electron chi connectivity index (χ4n) is 1.15. The Kier molecular flexibility index (Phi) is 5.11. The topological polar surface area (TPSA) is 41.6 Å². The van der Waals surface area contributed by atoms with Gasteiger partial charge in [0.1, 0.15) is 5.75 Å². The summed E-state index contributed by atoms with van der Waals surface area (Å²) in [6.45, 7) is 0.663. The van der Waals surface area contributed by atoms with Crippen LogP contribution in [0.25, 0.3) is 0 Å². The highest BCUT2D eigenvalue weighted by Crippen LogP contribution is 2.16. The zero-order valence-electron chi connectivity index (χ0n) is 9.37. The van der Waals surface area contributed by atoms with Gasteiger partial charge in [0.05, 0.1) is 7.11 Å². The average molecular weight is 287 g/mol. The first-order valence-corrected chi connectivity index (χ1v) is 6.01. The molecule has 88 valence electrons. The highest BCUT2D eigenvalue weighted by atomic mass is 79.9. The molecule has 1 aromatic rings. The zero-order valence-corrected chi connectivity index (χ0v) is 11.0. The van der Waals surface area contributed by atoms with Gasteiger partial charge in [0.15, 0.2) is 0 Å². The number of amides is 2. The molecule has 0 spiro atoms. The van der Waals surface area contributed by atoms with Gasteiger partial charge in [0, 0.05) is 30.7 Å². The van der Waals surface area contributed by atoms with Crippen molar-refractivity contribution in [1.29, 1.82) is 0 Å². The second-order valence-electron chi connectivity index (χ2n) is 3.27. The fraction of sp³-hybridized carbons (Fsp3) is 0.364. The molecule has 0 aliphatic heterocycles. The lowest BCUT2D eigenvalue weighted by atomic mass is 10.3. The third-order valence-corrected chi connectivity index (χ3v) is 2.44. The molecule has 0 atom stereocenters. The van der Waals surface area contributed by atoms with Gasteiger partial charge in [-0.25, -0.2) is 4.79 Å². The van der Waals surface area contributed by atoms with Crippen LogP contribution >= 0.6 is 15.9 Å². The van der Waals surface area contributed by atoms with Crippen LogP contribution in [0.1, 0.15) is 0 Å². The molecule has 0 radical (unpaired) electrons. The third kappa shape index (κ3) is 3.73. The molecule has 2 amide bonds. The number of rotatable bonds is 4. The molecule has 0 aliphatic rings. The van der Waals surface area contributed by atoms with Crippen molar-refractivity contribution in [1.82, 2.24) is 4.90 Å². The summed E-state index contributed by atoms with van der Waals surface area (Å²) in [6.07, 6.45) is 0. The second kappa shape index (κ2) is 6.37. The minimum absolute atomic E-state index is 0.132. The number of hydrogen-bond donors (Lipinski definition) is 1. The van der Waals surface area contributed by atoms with Crippen molar-refractivity contribution in [3.63, 3.8) is 0 Å². The van der Waals surface area contributed by atoms with Crippen LogP contribution in [0.2, 0.25) is 0 Å². The molecule has 0 heterocycles. The molecule has 0 aliphatic carbocycles. The monoisotopic (exact) mass is 286 g/mol. The Morgan fingerprint density at radius 1 is 1.56 bits per heavy atom. The standard InChI is InChI=1S/C11H15BrN2O2/c1-14(7-6-12)11(15)13-9-4-3-5-10(8-9)16-2/h3-5,8H,6-7H2,1-2H3,(H,13,15). The predicted molar refractivity (Wildman–Crippen MR) is 68.4 cm³/mol. The SMILES string of the molecule is COc1cccc(NC(=O)N(C)CCBr)c1. The molecule has 0 fully saturated rings. The average Bonchev–Trinajstić information content (AvgIpc) is 2.29. The number of nitrogens with zero attached hydrogens (tertiary/aromatic N) is 1. The van der Waals surface area contributed by atoms with Gasteiger partial charge in [-0.1, -0.05) is 22.0 Å². The van der Waals surface area contributed by atoms with Crippen LogP contribution in [0, 0.1) is 0 Å². The van der Waals surface area contributed by atoms with E-state index in [1.807, 2.05) is 18.2 Å². The largest absolute Gasteiger partial charge is 0.497 e. The van der Waals surface area contributed by atoms with Crippen molar-refractivity contribution in [2.75, 3.05) is 31.3 Å². The Morgan fingerprint density at radius 2 is 2.31 bits per heavy atom. The Balaban J connectivity index is 2.61. The van der Waals surface area contributed by atoms with E-state index in [-0.39, 0.29) is 6.03 Å². The van der Waals surface area contributed by atoms with E-state index in [9.17, 15) is 4.79 Å². The van der Waals surface area contributed by atoms with Crippen LogP contribution in [0.3, 0.4) is 0 Å². The van der Waals surface area contributed by atoms with Gasteiger partial charge in [-0.2, -0.15) is 0 Å². The first kappa shape index (κ1) is 12.8. The number of carbonyl (C=O) groups is 1. The molecule has 4 nitrogen and oxygen atoms in total. The summed E-state index contributed by atoms with van der Waals surface area (Å²) >= 11 is 3.28. The van der Waals surface area contributed by atoms with Crippen LogP contribution in [0.4, 0.5) is 10.5 Å². The van der Waals surface area contributed by atoms with Crippen LogP contribution < -0.4 is 10.1 Å². The minimum atomic E-state index is -0.132. The summed E-state index contributed by atoms with van der Waals surface area (Å²) in [6, 6.07) is 7.13. The Morgan fingerprint density at radius 3 is 2.94 bits per heavy atom. The molecule has 1 aromatic carbocycles. The molecule has 0 aromatic heterocycles. The normalized spacial score (nSPS) is 9.69. The first-order chi connectivity index (χ1) is 7.67. The minimum Gasteiger partial charge on any atom is -0.497 e. The quantitative estimate of drug-likeness (QED) is 0.865. The summed E-state index contributed by atoms with van der Waals surface area (Å²) in [5.74, 6) is 0.723. The Labute approximate surface area is 104 Å². The first-order valence-electron chi connectivity index (χ1n) is 4.89. The van der Waals surface area contributed by atoms with Crippen molar-refractivity contribution in [3.05, 3.63) is 24.3 Å². The third-order valence-electron chi connectivity index (χ3n) is 2.09. The number of urea groups is 1. The highest BCUT2D eigenvalue weighted by molar-refractivity contribution is 9.09. The molecule has 1 N–H and O–H groups in total. The van der Waals surface area contributed by atoms with E-state index < -0.39 is 0 Å². The number of alkyl halides is 1. The number of anilines is 1. The van der Waals surface area contributed by atoms with Gasteiger partial charge in [-0.3, -0.25) is 0 Å². The van der Waals surface area contributed by atoms with E-state index in [1.165, 1.54) is 0 Å². The number of carbonyl (C=O) groups excluding carboxylic acids is 1. The molecule has 0 bridgehead atoms. The maximum atomic E-state index is 11.7. The van der Waals surface area contributed by atoms with Gasteiger partial charge in [0.2, 0.25) is 0 Å². The number of ether oxygens (including phenoxy) is 1. The smallest absolute Gasteiger partial charge is 0.321 e.